The number of ether oxygens (including phenoxy) is 1. The lowest BCUT2D eigenvalue weighted by Gasteiger charge is -2.38. The summed E-state index contributed by atoms with van der Waals surface area (Å²) in [6.07, 6.45) is 1.35. The molecule has 0 saturated carbocycles. The second kappa shape index (κ2) is 6.13. The van der Waals surface area contributed by atoms with Crippen LogP contribution in [0.15, 0.2) is 12.3 Å². The number of esters is 1. The predicted octanol–water partition coefficient (Wildman–Crippen LogP) is 0.430. The van der Waals surface area contributed by atoms with Crippen LogP contribution in [0.1, 0.15) is 43.7 Å². The van der Waals surface area contributed by atoms with E-state index in [1.165, 1.54) is 13.3 Å². The molecule has 2 N–H and O–H groups in total. The highest BCUT2D eigenvalue weighted by Crippen LogP contribution is 2.25. The minimum Gasteiger partial charge on any atom is -0.464 e. The van der Waals surface area contributed by atoms with Gasteiger partial charge >= 0.3 is 13.1 Å². The van der Waals surface area contributed by atoms with Crippen LogP contribution in [-0.2, 0) is 9.39 Å². The Bertz CT molecular complexity index is 525. The highest BCUT2D eigenvalue weighted by Gasteiger charge is 2.39. The molecular weight excluding hydrogens is 273 g/mol. The molecule has 116 valence electrons. The predicted molar refractivity (Wildman–Crippen MR) is 79.4 cm³/mol. The van der Waals surface area contributed by atoms with E-state index in [2.05, 4.69) is 9.72 Å². The Balaban J connectivity index is 2.97. The fourth-order valence-electron chi connectivity index (χ4n) is 1.53. The maximum absolute atomic E-state index is 11.5. The fourth-order valence-corrected chi connectivity index (χ4v) is 1.53. The van der Waals surface area contributed by atoms with Crippen molar-refractivity contribution in [2.75, 3.05) is 7.11 Å². The second-order valence-corrected chi connectivity index (χ2v) is 5.97. The molecule has 0 aliphatic heterocycles. The van der Waals surface area contributed by atoms with E-state index in [0.717, 1.165) is 0 Å². The molecule has 0 radical (unpaired) electrons. The van der Waals surface area contributed by atoms with Gasteiger partial charge in [-0.3, -0.25) is 0 Å². The standard InChI is InChI=1S/C14H22BNO5/c1-9-7-10(8-16-11(9)12(17)20-6)15(19)21-14(4,5)13(2,3)18/h7-8,18-19H,1-6H3. The van der Waals surface area contributed by atoms with Gasteiger partial charge < -0.3 is 19.5 Å². The smallest absolute Gasteiger partial charge is 0.464 e. The van der Waals surface area contributed by atoms with Gasteiger partial charge in [-0.15, -0.1) is 0 Å². The van der Waals surface area contributed by atoms with Gasteiger partial charge in [0.1, 0.15) is 0 Å². The first-order valence-corrected chi connectivity index (χ1v) is 6.62. The van der Waals surface area contributed by atoms with E-state index >= 15 is 0 Å². The van der Waals surface area contributed by atoms with Gasteiger partial charge in [-0.1, -0.05) is 6.07 Å². The minimum atomic E-state index is -1.26. The van der Waals surface area contributed by atoms with Crippen molar-refractivity contribution >= 4 is 18.6 Å². The summed E-state index contributed by atoms with van der Waals surface area (Å²) in [6, 6.07) is 1.60. The summed E-state index contributed by atoms with van der Waals surface area (Å²) in [6.45, 7) is 8.25. The molecule has 0 bridgehead atoms. The molecule has 0 aliphatic rings. The molecule has 1 aromatic heterocycles. The van der Waals surface area contributed by atoms with Crippen molar-refractivity contribution in [2.24, 2.45) is 0 Å². The maximum atomic E-state index is 11.5. The number of rotatable bonds is 5. The zero-order chi connectivity index (χ0) is 16.4. The van der Waals surface area contributed by atoms with E-state index in [-0.39, 0.29) is 5.69 Å². The fraction of sp³-hybridized carbons (Fsp3) is 0.571. The zero-order valence-corrected chi connectivity index (χ0v) is 13.3. The largest absolute Gasteiger partial charge is 0.493 e. The Kier molecular flexibility index (Phi) is 5.14. The number of hydrogen-bond donors (Lipinski definition) is 2. The number of aliphatic hydroxyl groups is 1. The van der Waals surface area contributed by atoms with E-state index in [9.17, 15) is 14.9 Å². The van der Waals surface area contributed by atoms with Crippen molar-refractivity contribution in [2.45, 2.75) is 45.8 Å². The number of methoxy groups -OCH3 is 1. The van der Waals surface area contributed by atoms with E-state index in [0.29, 0.717) is 11.0 Å². The molecule has 6 nitrogen and oxygen atoms in total. The van der Waals surface area contributed by atoms with Gasteiger partial charge in [0.15, 0.2) is 5.69 Å². The summed E-state index contributed by atoms with van der Waals surface area (Å²) >= 11 is 0. The normalized spacial score (nSPS) is 12.2. The van der Waals surface area contributed by atoms with E-state index in [1.807, 2.05) is 0 Å². The van der Waals surface area contributed by atoms with Gasteiger partial charge in [-0.25, -0.2) is 9.78 Å². The van der Waals surface area contributed by atoms with Crippen LogP contribution in [0, 0.1) is 6.92 Å². The van der Waals surface area contributed by atoms with Crippen molar-refractivity contribution in [3.05, 3.63) is 23.5 Å². The zero-order valence-electron chi connectivity index (χ0n) is 13.3. The molecule has 0 aromatic carbocycles. The van der Waals surface area contributed by atoms with Gasteiger partial charge in [0.25, 0.3) is 0 Å². The molecule has 0 saturated heterocycles. The van der Waals surface area contributed by atoms with Crippen molar-refractivity contribution in [3.63, 3.8) is 0 Å². The molecule has 1 aromatic rings. The van der Waals surface area contributed by atoms with Crippen LogP contribution in [0.4, 0.5) is 0 Å². The summed E-state index contributed by atoms with van der Waals surface area (Å²) in [5.74, 6) is -0.536. The van der Waals surface area contributed by atoms with Crippen LogP contribution in [0.3, 0.4) is 0 Å². The Morgan fingerprint density at radius 3 is 2.33 bits per heavy atom. The van der Waals surface area contributed by atoms with Crippen molar-refractivity contribution in [1.29, 1.82) is 0 Å². The summed E-state index contributed by atoms with van der Waals surface area (Å²) < 4.78 is 10.1. The number of aryl methyl sites for hydroxylation is 1. The molecule has 0 atom stereocenters. The lowest BCUT2D eigenvalue weighted by atomic mass is 9.77. The highest BCUT2D eigenvalue weighted by molar-refractivity contribution is 6.60. The van der Waals surface area contributed by atoms with Gasteiger partial charge in [-0.05, 0) is 40.2 Å². The molecule has 0 spiro atoms. The molecule has 0 unspecified atom stereocenters. The maximum Gasteiger partial charge on any atom is 0.493 e. The average molecular weight is 295 g/mol. The van der Waals surface area contributed by atoms with Crippen LogP contribution in [0.5, 0.6) is 0 Å². The molecule has 1 heterocycles. The van der Waals surface area contributed by atoms with Crippen LogP contribution < -0.4 is 5.46 Å². The second-order valence-electron chi connectivity index (χ2n) is 5.97. The van der Waals surface area contributed by atoms with Crippen LogP contribution in [0.2, 0.25) is 0 Å². The number of aromatic nitrogens is 1. The number of carbonyl (C=O) groups is 1. The van der Waals surface area contributed by atoms with E-state index in [4.69, 9.17) is 4.65 Å². The topological polar surface area (TPSA) is 88.9 Å². The number of nitrogens with zero attached hydrogens (tertiary/aromatic N) is 1. The molecule has 0 aliphatic carbocycles. The van der Waals surface area contributed by atoms with Crippen LogP contribution >= 0.6 is 0 Å². The number of carbonyl (C=O) groups excluding carboxylic acids is 1. The number of hydrogen-bond acceptors (Lipinski definition) is 6. The molecule has 0 fully saturated rings. The summed E-state index contributed by atoms with van der Waals surface area (Å²) in [4.78, 5) is 15.4. The molecule has 0 amide bonds. The van der Waals surface area contributed by atoms with E-state index < -0.39 is 24.3 Å². The average Bonchev–Trinajstić information content (AvgIpc) is 2.35. The van der Waals surface area contributed by atoms with Gasteiger partial charge in [-0.2, -0.15) is 0 Å². The lowest BCUT2D eigenvalue weighted by molar-refractivity contribution is -0.0982. The summed E-state index contributed by atoms with van der Waals surface area (Å²) in [5.41, 5.74) is -0.945. The Labute approximate surface area is 125 Å². The third-order valence-electron chi connectivity index (χ3n) is 3.64. The minimum absolute atomic E-state index is 0.190. The molecule has 21 heavy (non-hydrogen) atoms. The Morgan fingerprint density at radius 1 is 1.33 bits per heavy atom. The third kappa shape index (κ3) is 4.03. The molecular formula is C14H22BNO5. The monoisotopic (exact) mass is 295 g/mol. The SMILES string of the molecule is COC(=O)c1ncc(B(O)OC(C)(C)C(C)(C)O)cc1C. The summed E-state index contributed by atoms with van der Waals surface area (Å²) in [7, 11) is 0.0191. The van der Waals surface area contributed by atoms with Crippen molar-refractivity contribution in [1.82, 2.24) is 4.98 Å². The quantitative estimate of drug-likeness (QED) is 0.605. The van der Waals surface area contributed by atoms with Gasteiger partial charge in [0.05, 0.1) is 18.3 Å². The first kappa shape index (κ1) is 17.6. The first-order valence-electron chi connectivity index (χ1n) is 6.62. The van der Waals surface area contributed by atoms with Gasteiger partial charge in [0.2, 0.25) is 0 Å². The highest BCUT2D eigenvalue weighted by atomic mass is 16.5. The van der Waals surface area contributed by atoms with Crippen molar-refractivity contribution in [3.8, 4) is 0 Å². The number of pyridine rings is 1. The molecule has 1 rings (SSSR count). The van der Waals surface area contributed by atoms with Gasteiger partial charge in [0, 0.05) is 11.7 Å². The third-order valence-corrected chi connectivity index (χ3v) is 3.64. The lowest BCUT2D eigenvalue weighted by Crippen LogP contribution is -2.53. The first-order chi connectivity index (χ1) is 9.49. The van der Waals surface area contributed by atoms with E-state index in [1.54, 1.807) is 40.7 Å². The Hall–Kier alpha value is -1.44. The molecule has 7 heteroatoms. The van der Waals surface area contributed by atoms with Crippen LogP contribution in [0.25, 0.3) is 0 Å². The van der Waals surface area contributed by atoms with Crippen LogP contribution in [-0.4, -0.2) is 46.5 Å². The van der Waals surface area contributed by atoms with Crippen molar-refractivity contribution < 1.29 is 24.3 Å². The Morgan fingerprint density at radius 2 is 1.90 bits per heavy atom. The summed E-state index contributed by atoms with van der Waals surface area (Å²) in [5, 5.41) is 20.2.